The van der Waals surface area contributed by atoms with Gasteiger partial charge in [-0.15, -0.1) is 0 Å². The lowest BCUT2D eigenvalue weighted by Gasteiger charge is -2.09. The molecule has 0 radical (unpaired) electrons. The number of sulfonamides is 1. The summed E-state index contributed by atoms with van der Waals surface area (Å²) >= 11 is 0. The Labute approximate surface area is 125 Å². The highest BCUT2D eigenvalue weighted by Gasteiger charge is 2.39. The third kappa shape index (κ3) is 3.62. The van der Waals surface area contributed by atoms with Gasteiger partial charge in [-0.05, 0) is 42.9 Å². The molecule has 1 aromatic carbocycles. The minimum Gasteiger partial charge on any atom is -0.310 e. The lowest BCUT2D eigenvalue weighted by Crippen LogP contribution is -2.28. The number of benzene rings is 1. The van der Waals surface area contributed by atoms with Crippen molar-refractivity contribution in [3.05, 3.63) is 29.6 Å². The predicted octanol–water partition coefficient (Wildman–Crippen LogP) is 2.15. The lowest BCUT2D eigenvalue weighted by atomic mass is 10.2. The van der Waals surface area contributed by atoms with Crippen molar-refractivity contribution in [2.24, 2.45) is 5.92 Å². The first-order valence-electron chi connectivity index (χ1n) is 7.53. The van der Waals surface area contributed by atoms with Gasteiger partial charge in [-0.25, -0.2) is 17.5 Å². The van der Waals surface area contributed by atoms with Gasteiger partial charge in [-0.3, -0.25) is 0 Å². The van der Waals surface area contributed by atoms with Gasteiger partial charge >= 0.3 is 0 Å². The molecule has 0 aromatic heterocycles. The van der Waals surface area contributed by atoms with Crippen molar-refractivity contribution in [2.75, 3.05) is 0 Å². The molecule has 21 heavy (non-hydrogen) atoms. The zero-order valence-electron chi connectivity index (χ0n) is 12.1. The molecule has 2 aliphatic rings. The highest BCUT2D eigenvalue weighted by molar-refractivity contribution is 7.89. The van der Waals surface area contributed by atoms with Gasteiger partial charge in [0.15, 0.2) is 0 Å². The predicted molar refractivity (Wildman–Crippen MR) is 78.8 cm³/mol. The highest BCUT2D eigenvalue weighted by atomic mass is 32.2. The molecule has 116 valence electrons. The Kier molecular flexibility index (Phi) is 4.03. The Bertz CT molecular complexity index is 629. The summed E-state index contributed by atoms with van der Waals surface area (Å²) in [5, 5.41) is 3.28. The molecule has 0 heterocycles. The minimum atomic E-state index is -3.75. The number of halogens is 1. The molecule has 2 fully saturated rings. The second-order valence-corrected chi connectivity index (χ2v) is 7.73. The molecule has 2 atom stereocenters. The van der Waals surface area contributed by atoms with E-state index in [0.29, 0.717) is 18.5 Å². The van der Waals surface area contributed by atoms with Gasteiger partial charge < -0.3 is 5.32 Å². The van der Waals surface area contributed by atoms with Gasteiger partial charge in [0.05, 0.1) is 0 Å². The second-order valence-electron chi connectivity index (χ2n) is 6.05. The summed E-state index contributed by atoms with van der Waals surface area (Å²) in [6.07, 6.45) is 4.12. The third-order valence-electron chi connectivity index (χ3n) is 4.21. The van der Waals surface area contributed by atoms with E-state index in [1.165, 1.54) is 25.0 Å². The molecule has 2 N–H and O–H groups in total. The molecule has 0 amide bonds. The smallest absolute Gasteiger partial charge is 0.243 e. The van der Waals surface area contributed by atoms with E-state index in [1.807, 2.05) is 6.92 Å². The van der Waals surface area contributed by atoms with Gasteiger partial charge in [-0.1, -0.05) is 19.4 Å². The van der Waals surface area contributed by atoms with E-state index in [1.54, 1.807) is 6.07 Å². The Balaban J connectivity index is 1.68. The van der Waals surface area contributed by atoms with E-state index in [9.17, 15) is 12.8 Å². The van der Waals surface area contributed by atoms with Crippen molar-refractivity contribution in [1.82, 2.24) is 10.0 Å². The Morgan fingerprint density at radius 3 is 2.67 bits per heavy atom. The summed E-state index contributed by atoms with van der Waals surface area (Å²) < 4.78 is 41.0. The molecule has 0 spiro atoms. The van der Waals surface area contributed by atoms with Crippen molar-refractivity contribution in [1.29, 1.82) is 0 Å². The standard InChI is InChI=1S/C15H21FN2O2S/c1-2-11-8-14(11)18-21(19,20)15-6-3-10(7-13(15)16)9-17-12-4-5-12/h3,6-7,11-12,14,17-18H,2,4-5,8-9H2,1H3. The van der Waals surface area contributed by atoms with E-state index in [-0.39, 0.29) is 10.9 Å². The maximum absolute atomic E-state index is 14.1. The first kappa shape index (κ1) is 14.9. The number of rotatable bonds is 7. The molecule has 0 saturated heterocycles. The van der Waals surface area contributed by atoms with Crippen molar-refractivity contribution in [2.45, 2.75) is 56.1 Å². The summed E-state index contributed by atoms with van der Waals surface area (Å²) in [5.74, 6) is -0.281. The van der Waals surface area contributed by atoms with Crippen LogP contribution in [0, 0.1) is 11.7 Å². The van der Waals surface area contributed by atoms with Gasteiger partial charge in [0.2, 0.25) is 10.0 Å². The second kappa shape index (κ2) is 5.66. The largest absolute Gasteiger partial charge is 0.310 e. The molecule has 0 bridgehead atoms. The molecular formula is C15H21FN2O2S. The topological polar surface area (TPSA) is 58.2 Å². The highest BCUT2D eigenvalue weighted by Crippen LogP contribution is 2.34. The van der Waals surface area contributed by atoms with E-state index < -0.39 is 15.8 Å². The molecule has 4 nitrogen and oxygen atoms in total. The van der Waals surface area contributed by atoms with Crippen LogP contribution in [0.3, 0.4) is 0 Å². The van der Waals surface area contributed by atoms with Gasteiger partial charge in [0.25, 0.3) is 0 Å². The first-order valence-corrected chi connectivity index (χ1v) is 9.02. The zero-order chi connectivity index (χ0) is 15.0. The van der Waals surface area contributed by atoms with E-state index >= 15 is 0 Å². The van der Waals surface area contributed by atoms with E-state index in [2.05, 4.69) is 10.0 Å². The normalized spacial score (nSPS) is 25.0. The van der Waals surface area contributed by atoms with Crippen molar-refractivity contribution < 1.29 is 12.8 Å². The lowest BCUT2D eigenvalue weighted by molar-refractivity contribution is 0.551. The molecule has 1 aromatic rings. The van der Waals surface area contributed by atoms with Crippen LogP contribution < -0.4 is 10.0 Å². The summed E-state index contributed by atoms with van der Waals surface area (Å²) in [5.41, 5.74) is 0.774. The fourth-order valence-corrected chi connectivity index (χ4v) is 3.90. The number of nitrogens with one attached hydrogen (secondary N) is 2. The van der Waals surface area contributed by atoms with Crippen molar-refractivity contribution in [3.63, 3.8) is 0 Å². The van der Waals surface area contributed by atoms with Gasteiger partial charge in [0, 0.05) is 18.6 Å². The molecule has 0 aliphatic heterocycles. The van der Waals surface area contributed by atoms with Crippen LogP contribution in [0.4, 0.5) is 4.39 Å². The molecule has 3 rings (SSSR count). The van der Waals surface area contributed by atoms with Crippen LogP contribution in [0.15, 0.2) is 23.1 Å². The maximum Gasteiger partial charge on any atom is 0.243 e. The summed E-state index contributed by atoms with van der Waals surface area (Å²) in [4.78, 5) is -0.251. The summed E-state index contributed by atoms with van der Waals surface area (Å²) in [6, 6.07) is 4.87. The molecule has 6 heteroatoms. The minimum absolute atomic E-state index is 0.0318. The molecular weight excluding hydrogens is 291 g/mol. The van der Waals surface area contributed by atoms with Crippen LogP contribution in [-0.2, 0) is 16.6 Å². The van der Waals surface area contributed by atoms with Crippen LogP contribution >= 0.6 is 0 Å². The van der Waals surface area contributed by atoms with Crippen LogP contribution in [-0.4, -0.2) is 20.5 Å². The van der Waals surface area contributed by atoms with Gasteiger partial charge in [-0.2, -0.15) is 0 Å². The Morgan fingerprint density at radius 1 is 1.33 bits per heavy atom. The fourth-order valence-electron chi connectivity index (χ4n) is 2.53. The number of hydrogen-bond acceptors (Lipinski definition) is 3. The van der Waals surface area contributed by atoms with Gasteiger partial charge in [0.1, 0.15) is 10.7 Å². The summed E-state index contributed by atoms with van der Waals surface area (Å²) in [6.45, 7) is 2.61. The van der Waals surface area contributed by atoms with Crippen LogP contribution in [0.2, 0.25) is 0 Å². The molecule has 2 aliphatic carbocycles. The SMILES string of the molecule is CCC1CC1NS(=O)(=O)c1ccc(CNC2CC2)cc1F. The van der Waals surface area contributed by atoms with Crippen LogP contribution in [0.1, 0.15) is 38.2 Å². The average molecular weight is 312 g/mol. The van der Waals surface area contributed by atoms with Crippen molar-refractivity contribution >= 4 is 10.0 Å². The summed E-state index contributed by atoms with van der Waals surface area (Å²) in [7, 11) is -3.75. The van der Waals surface area contributed by atoms with Crippen LogP contribution in [0.5, 0.6) is 0 Å². The first-order chi connectivity index (χ1) is 9.99. The molecule has 2 saturated carbocycles. The molecule has 2 unspecified atom stereocenters. The number of hydrogen-bond donors (Lipinski definition) is 2. The zero-order valence-corrected chi connectivity index (χ0v) is 12.9. The van der Waals surface area contributed by atoms with E-state index in [0.717, 1.165) is 18.4 Å². The quantitative estimate of drug-likeness (QED) is 0.811. The average Bonchev–Trinajstić information content (AvgIpc) is 3.31. The Hall–Kier alpha value is -0.980. The van der Waals surface area contributed by atoms with Crippen LogP contribution in [0.25, 0.3) is 0 Å². The van der Waals surface area contributed by atoms with Crippen molar-refractivity contribution in [3.8, 4) is 0 Å². The van der Waals surface area contributed by atoms with E-state index in [4.69, 9.17) is 0 Å². The third-order valence-corrected chi connectivity index (χ3v) is 5.73. The Morgan fingerprint density at radius 2 is 2.10 bits per heavy atom. The monoisotopic (exact) mass is 312 g/mol. The maximum atomic E-state index is 14.1. The fraction of sp³-hybridized carbons (Fsp3) is 0.600.